The van der Waals surface area contributed by atoms with E-state index >= 15 is 0 Å². The molecule has 0 atom stereocenters. The molecule has 0 aromatic carbocycles. The van der Waals surface area contributed by atoms with Gasteiger partial charge in [0.05, 0.1) is 6.20 Å². The highest BCUT2D eigenvalue weighted by molar-refractivity contribution is 5.50. The van der Waals surface area contributed by atoms with Gasteiger partial charge in [-0.25, -0.2) is 23.8 Å². The molecule has 1 fully saturated rings. The highest BCUT2D eigenvalue weighted by atomic mass is 19.3. The molecule has 1 aliphatic rings. The summed E-state index contributed by atoms with van der Waals surface area (Å²) in [6.07, 6.45) is 0.910. The largest absolute Gasteiger partial charge is 0.291 e. The lowest BCUT2D eigenvalue weighted by Crippen LogP contribution is -2.34. The Kier molecular flexibility index (Phi) is 3.29. The summed E-state index contributed by atoms with van der Waals surface area (Å²) in [5.41, 5.74) is 0.754. The van der Waals surface area contributed by atoms with Crippen LogP contribution in [0.2, 0.25) is 0 Å². The van der Waals surface area contributed by atoms with Crippen LogP contribution in [-0.2, 0) is 6.42 Å². The molecule has 2 aromatic heterocycles. The maximum atomic E-state index is 13.0. The third-order valence-electron chi connectivity index (χ3n) is 3.67. The number of nitrogens with zero attached hydrogens (tertiary/aromatic N) is 5. The van der Waals surface area contributed by atoms with Crippen molar-refractivity contribution >= 4 is 11.6 Å². The average Bonchev–Trinajstić information content (AvgIpc) is 3.03. The summed E-state index contributed by atoms with van der Waals surface area (Å²) in [5.74, 6) is 1.06. The van der Waals surface area contributed by atoms with Crippen LogP contribution in [-0.4, -0.2) is 39.5 Å². The van der Waals surface area contributed by atoms with Crippen LogP contribution in [0.5, 0.6) is 0 Å². The van der Waals surface area contributed by atoms with Crippen LogP contribution < -0.4 is 5.01 Å². The molecular weight excluding hydrogens is 264 g/mol. The van der Waals surface area contributed by atoms with Crippen molar-refractivity contribution in [3.63, 3.8) is 0 Å². The van der Waals surface area contributed by atoms with Crippen LogP contribution in [0, 0.1) is 0 Å². The number of hydrogen-bond donors (Lipinski definition) is 0. The second-order valence-electron chi connectivity index (χ2n) is 4.94. The molecule has 3 heterocycles. The van der Waals surface area contributed by atoms with Crippen molar-refractivity contribution in [1.29, 1.82) is 0 Å². The highest BCUT2D eigenvalue weighted by Gasteiger charge is 2.24. The molecule has 0 N–H and O–H groups in total. The van der Waals surface area contributed by atoms with Crippen LogP contribution in [0.15, 0.2) is 12.3 Å². The molecule has 0 aliphatic carbocycles. The number of imidazole rings is 1. The van der Waals surface area contributed by atoms with Crippen LogP contribution in [0.3, 0.4) is 0 Å². The van der Waals surface area contributed by atoms with Crippen LogP contribution in [0.1, 0.15) is 31.2 Å². The van der Waals surface area contributed by atoms with Crippen molar-refractivity contribution in [3.8, 4) is 0 Å². The van der Waals surface area contributed by atoms with Crippen molar-refractivity contribution in [3.05, 3.63) is 23.7 Å². The quantitative estimate of drug-likeness (QED) is 0.865. The molecular formula is C13H17F2N5. The minimum atomic E-state index is -2.59. The molecule has 7 heteroatoms. The predicted octanol–water partition coefficient (Wildman–Crippen LogP) is 2.29. The van der Waals surface area contributed by atoms with E-state index in [4.69, 9.17) is 0 Å². The molecule has 1 saturated heterocycles. The molecule has 3 rings (SSSR count). The van der Waals surface area contributed by atoms with E-state index in [1.54, 1.807) is 6.20 Å². The van der Waals surface area contributed by atoms with Crippen LogP contribution in [0.25, 0.3) is 5.78 Å². The smallest absolute Gasteiger partial charge is 0.280 e. The van der Waals surface area contributed by atoms with E-state index in [-0.39, 0.29) is 5.69 Å². The zero-order valence-corrected chi connectivity index (χ0v) is 11.6. The Hall–Kier alpha value is -1.76. The van der Waals surface area contributed by atoms with E-state index in [1.807, 2.05) is 28.4 Å². The lowest BCUT2D eigenvalue weighted by molar-refractivity contribution is 0.146. The fourth-order valence-corrected chi connectivity index (χ4v) is 2.63. The van der Waals surface area contributed by atoms with E-state index in [0.29, 0.717) is 5.78 Å². The van der Waals surface area contributed by atoms with E-state index in [1.165, 1.54) is 6.07 Å². The van der Waals surface area contributed by atoms with Gasteiger partial charge in [-0.1, -0.05) is 6.92 Å². The second kappa shape index (κ2) is 4.97. The maximum absolute atomic E-state index is 13.0. The first-order valence-corrected chi connectivity index (χ1v) is 6.75. The Balaban J connectivity index is 2.22. The first-order valence-electron chi connectivity index (χ1n) is 6.75. The normalized spacial score (nSPS) is 16.8. The summed E-state index contributed by atoms with van der Waals surface area (Å²) in [7, 11) is 1.96. The molecule has 0 radical (unpaired) electrons. The maximum Gasteiger partial charge on any atom is 0.280 e. The van der Waals surface area contributed by atoms with E-state index in [0.717, 1.165) is 37.4 Å². The molecule has 0 amide bonds. The number of rotatable bonds is 3. The topological polar surface area (TPSA) is 36.7 Å². The monoisotopic (exact) mass is 281 g/mol. The Morgan fingerprint density at radius 2 is 2.15 bits per heavy atom. The van der Waals surface area contributed by atoms with E-state index < -0.39 is 6.43 Å². The molecule has 2 aromatic rings. The summed E-state index contributed by atoms with van der Waals surface area (Å²) in [4.78, 5) is 8.12. The molecule has 20 heavy (non-hydrogen) atoms. The minimum Gasteiger partial charge on any atom is -0.291 e. The SMILES string of the molecule is CCc1cnc2nc(C(F)F)cc(N3CCCN3C)n12. The van der Waals surface area contributed by atoms with E-state index in [2.05, 4.69) is 9.97 Å². The lowest BCUT2D eigenvalue weighted by atomic mass is 10.3. The summed E-state index contributed by atoms with van der Waals surface area (Å²) >= 11 is 0. The molecule has 0 saturated carbocycles. The zero-order valence-electron chi connectivity index (χ0n) is 11.6. The molecule has 5 nitrogen and oxygen atoms in total. The number of anilines is 1. The van der Waals surface area contributed by atoms with Crippen molar-refractivity contribution < 1.29 is 8.78 Å². The van der Waals surface area contributed by atoms with E-state index in [9.17, 15) is 8.78 Å². The first kappa shape index (κ1) is 13.2. The number of aryl methyl sites for hydroxylation is 1. The molecule has 108 valence electrons. The van der Waals surface area contributed by atoms with Gasteiger partial charge in [0, 0.05) is 31.9 Å². The third-order valence-corrected chi connectivity index (χ3v) is 3.67. The predicted molar refractivity (Wildman–Crippen MR) is 71.9 cm³/mol. The Bertz CT molecular complexity index is 624. The number of alkyl halides is 2. The summed E-state index contributed by atoms with van der Waals surface area (Å²) in [6, 6.07) is 1.47. The van der Waals surface area contributed by atoms with Crippen molar-refractivity contribution in [2.24, 2.45) is 0 Å². The summed E-state index contributed by atoms with van der Waals surface area (Å²) < 4.78 is 27.9. The standard InChI is InChI=1S/C13H17F2N5/c1-3-9-8-16-13-17-10(12(14)15)7-11(20(9)13)19-6-4-5-18(19)2/h7-8,12H,3-6H2,1-2H3. The van der Waals surface area contributed by atoms with Gasteiger partial charge in [-0.15, -0.1) is 0 Å². The number of hydrazine groups is 1. The highest BCUT2D eigenvalue weighted by Crippen LogP contribution is 2.27. The second-order valence-corrected chi connectivity index (χ2v) is 4.94. The van der Waals surface area contributed by atoms with Gasteiger partial charge in [0.25, 0.3) is 6.43 Å². The fraction of sp³-hybridized carbons (Fsp3) is 0.538. The van der Waals surface area contributed by atoms with Gasteiger partial charge in [0.2, 0.25) is 5.78 Å². The van der Waals surface area contributed by atoms with Gasteiger partial charge in [0.15, 0.2) is 0 Å². The van der Waals surface area contributed by atoms with Crippen molar-refractivity contribution in [1.82, 2.24) is 19.4 Å². The van der Waals surface area contributed by atoms with Crippen LogP contribution >= 0.6 is 0 Å². The number of aromatic nitrogens is 3. The zero-order chi connectivity index (χ0) is 14.3. The molecule has 1 aliphatic heterocycles. The average molecular weight is 281 g/mol. The minimum absolute atomic E-state index is 0.221. The molecule has 0 spiro atoms. The number of fused-ring (bicyclic) bond motifs is 1. The van der Waals surface area contributed by atoms with Gasteiger partial charge >= 0.3 is 0 Å². The summed E-state index contributed by atoms with van der Waals surface area (Å²) in [5, 5.41) is 4.06. The van der Waals surface area contributed by atoms with Gasteiger partial charge in [-0.05, 0) is 12.8 Å². The first-order chi connectivity index (χ1) is 9.61. The van der Waals surface area contributed by atoms with Crippen LogP contribution in [0.4, 0.5) is 14.6 Å². The number of hydrogen-bond acceptors (Lipinski definition) is 4. The van der Waals surface area contributed by atoms with Gasteiger partial charge in [0.1, 0.15) is 11.5 Å². The summed E-state index contributed by atoms with van der Waals surface area (Å²) in [6.45, 7) is 3.76. The third kappa shape index (κ3) is 2.02. The fourth-order valence-electron chi connectivity index (χ4n) is 2.63. The van der Waals surface area contributed by atoms with Crippen molar-refractivity contribution in [2.75, 3.05) is 25.1 Å². The Morgan fingerprint density at radius 3 is 2.75 bits per heavy atom. The lowest BCUT2D eigenvalue weighted by Gasteiger charge is -2.27. The Labute approximate surface area is 115 Å². The van der Waals surface area contributed by atoms with Gasteiger partial charge in [-0.3, -0.25) is 9.41 Å². The number of halogens is 2. The Morgan fingerprint density at radius 1 is 1.35 bits per heavy atom. The molecule has 0 bridgehead atoms. The van der Waals surface area contributed by atoms with Gasteiger partial charge in [-0.2, -0.15) is 0 Å². The molecule has 0 unspecified atom stereocenters. The van der Waals surface area contributed by atoms with Crippen molar-refractivity contribution in [2.45, 2.75) is 26.2 Å². The van der Waals surface area contributed by atoms with Gasteiger partial charge < -0.3 is 0 Å².